The molecule has 0 bridgehead atoms. The quantitative estimate of drug-likeness (QED) is 0.245. The highest BCUT2D eigenvalue weighted by molar-refractivity contribution is 14.2. The third-order valence-corrected chi connectivity index (χ3v) is 7.35. The molecule has 0 fully saturated rings. The van der Waals surface area contributed by atoms with E-state index in [0.29, 0.717) is 0 Å². The van der Waals surface area contributed by atoms with E-state index in [1.807, 2.05) is 0 Å². The van der Waals surface area contributed by atoms with Gasteiger partial charge in [-0.15, -0.1) is 0 Å². The van der Waals surface area contributed by atoms with Gasteiger partial charge in [0.25, 0.3) is 0 Å². The second kappa shape index (κ2) is 5.67. The Morgan fingerprint density at radius 3 is 2.59 bits per heavy atom. The average Bonchev–Trinajstić information content (AvgIpc) is 3.27. The van der Waals surface area contributed by atoms with Gasteiger partial charge in [-0.1, -0.05) is 48.5 Å². The zero-order chi connectivity index (χ0) is 18.0. The first-order valence-corrected chi connectivity index (χ1v) is 11.2. The molecule has 0 amide bonds. The molecule has 0 saturated carbocycles. The summed E-state index contributed by atoms with van der Waals surface area (Å²) < 4.78 is 15.8. The maximum atomic E-state index is 6.34. The Hall–Kier alpha value is -2.66. The molecule has 0 spiro atoms. The van der Waals surface area contributed by atoms with E-state index >= 15 is 0 Å². The Kier molecular flexibility index (Phi) is 3.23. The van der Waals surface area contributed by atoms with Gasteiger partial charge < -0.3 is 8.83 Å². The van der Waals surface area contributed by atoms with Crippen molar-refractivity contribution in [3.05, 3.63) is 75.6 Å². The van der Waals surface area contributed by atoms with E-state index in [0.717, 1.165) is 31.6 Å². The molecule has 0 unspecified atom stereocenters. The standard InChI is InChI=1S/C24H15IO2/c1-14-5-2-7-17-18-8-3-6-16(23(18)27-22(14)17)15-10-11-21-20(13-15)19-9-4-12-25-24(19)26-21/h2-13H,1H3. The van der Waals surface area contributed by atoms with Crippen molar-refractivity contribution in [3.63, 3.8) is 0 Å². The van der Waals surface area contributed by atoms with Crippen LogP contribution >= 0.6 is 20.7 Å². The minimum Gasteiger partial charge on any atom is -0.455 e. The Morgan fingerprint density at radius 2 is 1.67 bits per heavy atom. The zero-order valence-electron chi connectivity index (χ0n) is 14.6. The smallest absolute Gasteiger partial charge is 0.166 e. The minimum atomic E-state index is -0.162. The molecule has 3 heterocycles. The second-order valence-corrected chi connectivity index (χ2v) is 9.15. The number of para-hydroxylation sites is 2. The van der Waals surface area contributed by atoms with E-state index in [1.54, 1.807) is 0 Å². The van der Waals surface area contributed by atoms with Gasteiger partial charge in [0, 0.05) is 27.3 Å². The van der Waals surface area contributed by atoms with Crippen LogP contribution in [0.5, 0.6) is 0 Å². The summed E-state index contributed by atoms with van der Waals surface area (Å²) in [5.74, 6) is 0. The summed E-state index contributed by atoms with van der Waals surface area (Å²) in [6.07, 6.45) is 4.32. The normalized spacial score (nSPS) is 13.4. The number of furan rings is 2. The van der Waals surface area contributed by atoms with E-state index < -0.39 is 0 Å². The molecular weight excluding hydrogens is 447 g/mol. The van der Waals surface area contributed by atoms with Gasteiger partial charge in [0.15, 0.2) is 3.77 Å². The van der Waals surface area contributed by atoms with Gasteiger partial charge in [0.2, 0.25) is 0 Å². The van der Waals surface area contributed by atoms with Crippen LogP contribution < -0.4 is 0 Å². The third-order valence-electron chi connectivity index (χ3n) is 5.21. The van der Waals surface area contributed by atoms with Gasteiger partial charge in [-0.05, 0) is 61.0 Å². The fourth-order valence-corrected chi connectivity index (χ4v) is 5.82. The first-order chi connectivity index (χ1) is 13.3. The van der Waals surface area contributed by atoms with Crippen molar-refractivity contribution in [2.45, 2.75) is 6.92 Å². The molecule has 3 aromatic carbocycles. The molecule has 0 N–H and O–H groups in total. The van der Waals surface area contributed by atoms with Crippen LogP contribution in [0.4, 0.5) is 0 Å². The van der Waals surface area contributed by atoms with Crippen molar-refractivity contribution in [2.75, 3.05) is 0 Å². The Labute approximate surface area is 165 Å². The molecule has 5 aromatic rings. The van der Waals surface area contributed by atoms with Crippen LogP contribution in [0.25, 0.3) is 50.1 Å². The van der Waals surface area contributed by atoms with E-state index in [-0.39, 0.29) is 20.7 Å². The van der Waals surface area contributed by atoms with Crippen molar-refractivity contribution >= 4 is 63.7 Å². The van der Waals surface area contributed by atoms with Crippen LogP contribution in [0.1, 0.15) is 11.1 Å². The molecule has 0 radical (unpaired) electrons. The Bertz CT molecular complexity index is 1430. The summed E-state index contributed by atoms with van der Waals surface area (Å²) >= 11 is -0.162. The molecule has 1 aliphatic rings. The molecule has 3 heteroatoms. The highest BCUT2D eigenvalue weighted by Gasteiger charge is 2.16. The summed E-state index contributed by atoms with van der Waals surface area (Å²) in [5.41, 5.74) is 7.60. The van der Waals surface area contributed by atoms with Crippen LogP contribution in [-0.2, 0) is 0 Å². The number of hydrogen-bond acceptors (Lipinski definition) is 2. The number of fused-ring (bicyclic) bond motifs is 6. The first kappa shape index (κ1) is 15.4. The summed E-state index contributed by atoms with van der Waals surface area (Å²) in [6.45, 7) is 2.10. The molecule has 0 aliphatic carbocycles. The molecule has 0 saturated heterocycles. The Balaban J connectivity index is 1.66. The maximum Gasteiger partial charge on any atom is 0.166 e. The lowest BCUT2D eigenvalue weighted by molar-refractivity contribution is 0.583. The Morgan fingerprint density at radius 1 is 0.815 bits per heavy atom. The van der Waals surface area contributed by atoms with E-state index in [9.17, 15) is 0 Å². The maximum absolute atomic E-state index is 6.34. The molecule has 2 nitrogen and oxygen atoms in total. The molecule has 130 valence electrons. The van der Waals surface area contributed by atoms with Gasteiger partial charge in [0.05, 0.1) is 0 Å². The van der Waals surface area contributed by atoms with Crippen LogP contribution in [0.3, 0.4) is 0 Å². The number of aryl methyl sites for hydroxylation is 1. The lowest BCUT2D eigenvalue weighted by Crippen LogP contribution is -1.81. The first-order valence-electron chi connectivity index (χ1n) is 8.91. The fraction of sp³-hybridized carbons (Fsp3) is 0.0417. The molecule has 2 aromatic heterocycles. The highest BCUT2D eigenvalue weighted by Crippen LogP contribution is 2.39. The van der Waals surface area contributed by atoms with Crippen LogP contribution in [-0.4, -0.2) is 4.01 Å². The third kappa shape index (κ3) is 2.21. The predicted molar refractivity (Wildman–Crippen MR) is 121 cm³/mol. The van der Waals surface area contributed by atoms with Gasteiger partial charge in [-0.2, -0.15) is 0 Å². The summed E-state index contributed by atoms with van der Waals surface area (Å²) in [5, 5.41) is 3.54. The van der Waals surface area contributed by atoms with E-state index in [4.69, 9.17) is 8.83 Å². The molecule has 0 atom stereocenters. The lowest BCUT2D eigenvalue weighted by atomic mass is 10.00. The van der Waals surface area contributed by atoms with Crippen molar-refractivity contribution in [1.29, 1.82) is 0 Å². The van der Waals surface area contributed by atoms with Crippen molar-refractivity contribution in [1.82, 2.24) is 0 Å². The second-order valence-electron chi connectivity index (χ2n) is 6.83. The topological polar surface area (TPSA) is 26.3 Å². The molecule has 1 aliphatic heterocycles. The summed E-state index contributed by atoms with van der Waals surface area (Å²) in [6, 6.07) is 19.2. The van der Waals surface area contributed by atoms with Crippen LogP contribution in [0, 0.1) is 10.7 Å². The number of benzene rings is 3. The highest BCUT2D eigenvalue weighted by atomic mass is 127. The number of halogens is 1. The average molecular weight is 462 g/mol. The molecule has 27 heavy (non-hydrogen) atoms. The van der Waals surface area contributed by atoms with Crippen molar-refractivity contribution in [3.8, 4) is 11.1 Å². The lowest BCUT2D eigenvalue weighted by Gasteiger charge is -2.03. The van der Waals surface area contributed by atoms with Crippen LogP contribution in [0.15, 0.2) is 69.5 Å². The minimum absolute atomic E-state index is 0.162. The summed E-state index contributed by atoms with van der Waals surface area (Å²) in [7, 11) is 0. The van der Waals surface area contributed by atoms with Crippen molar-refractivity contribution in [2.24, 2.45) is 0 Å². The number of hydrogen-bond donors (Lipinski definition) is 0. The van der Waals surface area contributed by atoms with Crippen molar-refractivity contribution < 1.29 is 8.83 Å². The zero-order valence-corrected chi connectivity index (χ0v) is 16.8. The van der Waals surface area contributed by atoms with E-state index in [1.165, 1.54) is 27.3 Å². The SMILES string of the molecule is Cc1cccc2c1oc1c(-c3ccc4oc5c(c4c3)C=CC=I5)cccc12. The van der Waals surface area contributed by atoms with Crippen LogP contribution in [0.2, 0.25) is 0 Å². The summed E-state index contributed by atoms with van der Waals surface area (Å²) in [4.78, 5) is 0. The van der Waals surface area contributed by atoms with E-state index in [2.05, 4.69) is 77.7 Å². The van der Waals surface area contributed by atoms with Gasteiger partial charge >= 0.3 is 0 Å². The number of allylic oxidation sites excluding steroid dienone is 1. The monoisotopic (exact) mass is 462 g/mol. The van der Waals surface area contributed by atoms with Gasteiger partial charge in [-0.3, -0.25) is 0 Å². The predicted octanol–water partition coefficient (Wildman–Crippen LogP) is 7.28. The number of rotatable bonds is 1. The molecular formula is C24H15IO2. The van der Waals surface area contributed by atoms with Gasteiger partial charge in [0.1, 0.15) is 16.7 Å². The molecule has 6 rings (SSSR count). The fourth-order valence-electron chi connectivity index (χ4n) is 3.91. The largest absolute Gasteiger partial charge is 0.455 e. The van der Waals surface area contributed by atoms with Gasteiger partial charge in [-0.25, -0.2) is 0 Å².